The van der Waals surface area contributed by atoms with E-state index < -0.39 is 17.2 Å². The average molecular weight is 442 g/mol. The minimum absolute atomic E-state index is 0.142. The molecule has 0 radical (unpaired) electrons. The van der Waals surface area contributed by atoms with Crippen LogP contribution in [0.15, 0.2) is 76.0 Å². The van der Waals surface area contributed by atoms with E-state index in [0.717, 1.165) is 16.1 Å². The Balaban J connectivity index is 1.85. The van der Waals surface area contributed by atoms with Crippen molar-refractivity contribution in [3.05, 3.63) is 98.8 Å². The van der Waals surface area contributed by atoms with Crippen LogP contribution in [0, 0.1) is 11.6 Å². The summed E-state index contributed by atoms with van der Waals surface area (Å²) in [6.45, 7) is 0.331. The second kappa shape index (κ2) is 7.52. The number of benzene rings is 3. The van der Waals surface area contributed by atoms with Crippen LogP contribution in [0.1, 0.15) is 5.56 Å². The van der Waals surface area contributed by atoms with Crippen LogP contribution in [0.4, 0.5) is 8.78 Å². The molecule has 0 saturated carbocycles. The molecule has 0 amide bonds. The minimum Gasteiger partial charge on any atom is -0.317 e. The van der Waals surface area contributed by atoms with Gasteiger partial charge in [0.15, 0.2) is 5.82 Å². The van der Waals surface area contributed by atoms with Crippen molar-refractivity contribution < 1.29 is 8.78 Å². The number of halogens is 3. The molecule has 4 aromatic rings. The lowest BCUT2D eigenvalue weighted by atomic mass is 10.2. The maximum atomic E-state index is 13.8. The number of rotatable bonds is 4. The van der Waals surface area contributed by atoms with Crippen LogP contribution in [-0.4, -0.2) is 9.66 Å². The van der Waals surface area contributed by atoms with Crippen molar-refractivity contribution in [2.45, 2.75) is 6.54 Å². The van der Waals surface area contributed by atoms with E-state index in [0.29, 0.717) is 17.6 Å². The molecular formula is C21H14BrF2N3O. The molecule has 0 atom stereocenters. The van der Waals surface area contributed by atoms with Crippen LogP contribution in [0.3, 0.4) is 0 Å². The molecule has 0 saturated heterocycles. The van der Waals surface area contributed by atoms with Gasteiger partial charge in [-0.05, 0) is 48.0 Å². The third-order valence-electron chi connectivity index (χ3n) is 4.27. The summed E-state index contributed by atoms with van der Waals surface area (Å²) in [5.74, 6) is -0.713. The quantitative estimate of drug-likeness (QED) is 0.492. The summed E-state index contributed by atoms with van der Waals surface area (Å²) in [7, 11) is 0. The summed E-state index contributed by atoms with van der Waals surface area (Å²) < 4.78 is 29.6. The normalized spacial score (nSPS) is 11.0. The first-order valence-electron chi connectivity index (χ1n) is 8.48. The zero-order chi connectivity index (χ0) is 19.7. The van der Waals surface area contributed by atoms with E-state index in [9.17, 15) is 13.6 Å². The third kappa shape index (κ3) is 3.66. The van der Waals surface area contributed by atoms with Gasteiger partial charge in [0.05, 0.1) is 17.4 Å². The zero-order valence-electron chi connectivity index (χ0n) is 14.5. The predicted octanol–water partition coefficient (Wildman–Crippen LogP) is 4.85. The lowest BCUT2D eigenvalue weighted by molar-refractivity contribution is 0.628. The molecule has 0 aliphatic rings. The Morgan fingerprint density at radius 1 is 0.964 bits per heavy atom. The number of nitrogens with zero attached hydrogens (tertiary/aromatic N) is 2. The van der Waals surface area contributed by atoms with E-state index >= 15 is 0 Å². The topological polar surface area (TPSA) is 46.9 Å². The highest BCUT2D eigenvalue weighted by atomic mass is 79.9. The van der Waals surface area contributed by atoms with Crippen LogP contribution in [0.2, 0.25) is 0 Å². The number of nitrogens with one attached hydrogen (secondary N) is 1. The summed E-state index contributed by atoms with van der Waals surface area (Å²) in [5, 5.41) is 0.142. The summed E-state index contributed by atoms with van der Waals surface area (Å²) in [5.41, 5.74) is 4.28. The van der Waals surface area contributed by atoms with Crippen molar-refractivity contribution in [1.82, 2.24) is 9.66 Å². The third-order valence-corrected chi connectivity index (χ3v) is 4.80. The molecule has 0 bridgehead atoms. The second-order valence-corrected chi connectivity index (χ2v) is 7.12. The maximum Gasteiger partial charge on any atom is 0.280 e. The van der Waals surface area contributed by atoms with Crippen molar-refractivity contribution >= 4 is 26.8 Å². The van der Waals surface area contributed by atoms with Gasteiger partial charge in [0, 0.05) is 10.0 Å². The minimum atomic E-state index is -0.524. The number of hydrogen-bond acceptors (Lipinski definition) is 3. The molecule has 28 heavy (non-hydrogen) atoms. The van der Waals surface area contributed by atoms with Crippen LogP contribution in [0.5, 0.6) is 0 Å². The Labute approximate surface area is 167 Å². The molecule has 7 heteroatoms. The maximum absolute atomic E-state index is 13.8. The average Bonchev–Trinajstić information content (AvgIpc) is 2.69. The molecule has 1 heterocycles. The fraction of sp³-hybridized carbons (Fsp3) is 0.0476. The molecule has 0 aliphatic carbocycles. The summed E-state index contributed by atoms with van der Waals surface area (Å²) in [4.78, 5) is 17.5. The highest BCUT2D eigenvalue weighted by molar-refractivity contribution is 9.10. The first-order valence-corrected chi connectivity index (χ1v) is 9.27. The molecule has 0 spiro atoms. The van der Waals surface area contributed by atoms with Crippen molar-refractivity contribution in [3.8, 4) is 11.4 Å². The summed E-state index contributed by atoms with van der Waals surface area (Å²) in [6.07, 6.45) is 0. The van der Waals surface area contributed by atoms with Crippen molar-refractivity contribution in [2.75, 3.05) is 5.43 Å². The largest absolute Gasteiger partial charge is 0.317 e. The zero-order valence-corrected chi connectivity index (χ0v) is 16.1. The van der Waals surface area contributed by atoms with Gasteiger partial charge in [0.1, 0.15) is 11.6 Å². The highest BCUT2D eigenvalue weighted by Crippen LogP contribution is 2.20. The fourth-order valence-corrected chi connectivity index (χ4v) is 3.16. The smallest absolute Gasteiger partial charge is 0.280 e. The van der Waals surface area contributed by atoms with Gasteiger partial charge < -0.3 is 5.43 Å². The Bertz CT molecular complexity index is 1220. The SMILES string of the molecule is O=c1c2cc(F)ccc2nc(-c2cccc(F)c2)n1NCc1ccc(Br)cc1. The van der Waals surface area contributed by atoms with E-state index in [1.807, 2.05) is 24.3 Å². The molecule has 0 fully saturated rings. The Morgan fingerprint density at radius 3 is 2.46 bits per heavy atom. The van der Waals surface area contributed by atoms with E-state index in [1.54, 1.807) is 12.1 Å². The monoisotopic (exact) mass is 441 g/mol. The molecule has 140 valence electrons. The fourth-order valence-electron chi connectivity index (χ4n) is 2.90. The Kier molecular flexibility index (Phi) is 4.92. The van der Waals surface area contributed by atoms with Gasteiger partial charge in [-0.15, -0.1) is 0 Å². The number of fused-ring (bicyclic) bond motifs is 1. The van der Waals surface area contributed by atoms with Crippen LogP contribution in [-0.2, 0) is 6.54 Å². The van der Waals surface area contributed by atoms with Crippen LogP contribution in [0.25, 0.3) is 22.3 Å². The molecule has 1 aromatic heterocycles. The molecule has 0 aliphatic heterocycles. The molecule has 1 N–H and O–H groups in total. The van der Waals surface area contributed by atoms with Crippen molar-refractivity contribution in [1.29, 1.82) is 0 Å². The predicted molar refractivity (Wildman–Crippen MR) is 109 cm³/mol. The van der Waals surface area contributed by atoms with Crippen molar-refractivity contribution in [3.63, 3.8) is 0 Å². The Morgan fingerprint density at radius 2 is 1.71 bits per heavy atom. The van der Waals surface area contributed by atoms with Gasteiger partial charge in [0.25, 0.3) is 5.56 Å². The van der Waals surface area contributed by atoms with Gasteiger partial charge in [-0.3, -0.25) is 4.79 Å². The van der Waals surface area contributed by atoms with Crippen LogP contribution >= 0.6 is 15.9 Å². The molecular weight excluding hydrogens is 428 g/mol. The van der Waals surface area contributed by atoms with Gasteiger partial charge in [0.2, 0.25) is 0 Å². The lowest BCUT2D eigenvalue weighted by Crippen LogP contribution is -2.31. The summed E-state index contributed by atoms with van der Waals surface area (Å²) >= 11 is 3.38. The highest BCUT2D eigenvalue weighted by Gasteiger charge is 2.14. The summed E-state index contributed by atoms with van der Waals surface area (Å²) in [6, 6.07) is 17.2. The standard InChI is InChI=1S/C21H14BrF2N3O/c22-15-6-4-13(5-7-15)12-25-27-20(14-2-1-3-16(23)10-14)26-19-9-8-17(24)11-18(19)21(27)28/h1-11,25H,12H2. The first-order chi connectivity index (χ1) is 13.5. The van der Waals surface area contributed by atoms with E-state index in [2.05, 4.69) is 26.3 Å². The molecule has 3 aromatic carbocycles. The Hall–Kier alpha value is -3.06. The molecule has 0 unspecified atom stereocenters. The second-order valence-electron chi connectivity index (χ2n) is 6.21. The van der Waals surface area contributed by atoms with E-state index in [-0.39, 0.29) is 11.2 Å². The molecule has 4 nitrogen and oxygen atoms in total. The van der Waals surface area contributed by atoms with E-state index in [4.69, 9.17) is 0 Å². The molecule has 4 rings (SSSR count). The number of hydrogen-bond donors (Lipinski definition) is 1. The van der Waals surface area contributed by atoms with E-state index in [1.165, 1.54) is 28.9 Å². The van der Waals surface area contributed by atoms with Gasteiger partial charge in [-0.1, -0.05) is 40.2 Å². The van der Waals surface area contributed by atoms with Gasteiger partial charge in [-0.25, -0.2) is 18.4 Å². The van der Waals surface area contributed by atoms with Gasteiger partial charge >= 0.3 is 0 Å². The van der Waals surface area contributed by atoms with Crippen LogP contribution < -0.4 is 11.0 Å². The first kappa shape index (κ1) is 18.3. The van der Waals surface area contributed by atoms with Gasteiger partial charge in [-0.2, -0.15) is 0 Å². The van der Waals surface area contributed by atoms with Crippen molar-refractivity contribution in [2.24, 2.45) is 0 Å². The lowest BCUT2D eigenvalue weighted by Gasteiger charge is -2.16. The number of aromatic nitrogens is 2.